The van der Waals surface area contributed by atoms with E-state index in [1.165, 1.54) is 36.0 Å². The Morgan fingerprint density at radius 1 is 0.943 bits per heavy atom. The molecule has 0 fully saturated rings. The van der Waals surface area contributed by atoms with Crippen molar-refractivity contribution < 1.29 is 27.4 Å². The van der Waals surface area contributed by atoms with E-state index in [-0.39, 0.29) is 24.0 Å². The lowest BCUT2D eigenvalue weighted by Gasteiger charge is -2.11. The summed E-state index contributed by atoms with van der Waals surface area (Å²) in [4.78, 5) is 13.3. The van der Waals surface area contributed by atoms with E-state index in [2.05, 4.69) is 10.0 Å². The highest BCUT2D eigenvalue weighted by molar-refractivity contribution is 7.98. The van der Waals surface area contributed by atoms with Crippen LogP contribution in [0.3, 0.4) is 0 Å². The van der Waals surface area contributed by atoms with Gasteiger partial charge in [0.15, 0.2) is 18.1 Å². The number of anilines is 1. The van der Waals surface area contributed by atoms with Gasteiger partial charge in [-0.2, -0.15) is 0 Å². The molecule has 3 rings (SSSR count). The van der Waals surface area contributed by atoms with Crippen LogP contribution in [0.1, 0.15) is 5.56 Å². The fourth-order valence-electron chi connectivity index (χ4n) is 3.25. The van der Waals surface area contributed by atoms with Gasteiger partial charge in [0, 0.05) is 11.4 Å². The van der Waals surface area contributed by atoms with Gasteiger partial charge >= 0.3 is 0 Å². The second-order valence-corrected chi connectivity index (χ2v) is 9.96. The number of amides is 1. The highest BCUT2D eigenvalue weighted by Gasteiger charge is 2.14. The first-order valence-electron chi connectivity index (χ1n) is 10.7. The minimum absolute atomic E-state index is 0.107. The number of para-hydroxylation sites is 1. The van der Waals surface area contributed by atoms with Gasteiger partial charge in [-0.15, -0.1) is 11.8 Å². The minimum Gasteiger partial charge on any atom is -0.493 e. The Kier molecular flexibility index (Phi) is 9.41. The lowest BCUT2D eigenvalue weighted by atomic mass is 10.1. The number of ether oxygens (including phenoxy) is 3. The van der Waals surface area contributed by atoms with Crippen molar-refractivity contribution in [1.82, 2.24) is 4.72 Å². The summed E-state index contributed by atoms with van der Waals surface area (Å²) in [6, 6.07) is 18.9. The van der Waals surface area contributed by atoms with E-state index in [1.54, 1.807) is 20.3 Å². The van der Waals surface area contributed by atoms with Crippen molar-refractivity contribution >= 4 is 33.4 Å². The van der Waals surface area contributed by atoms with E-state index in [0.29, 0.717) is 29.4 Å². The van der Waals surface area contributed by atoms with Crippen molar-refractivity contribution in [3.8, 4) is 17.2 Å². The Morgan fingerprint density at radius 3 is 2.34 bits per heavy atom. The van der Waals surface area contributed by atoms with Gasteiger partial charge in [-0.25, -0.2) is 13.1 Å². The summed E-state index contributed by atoms with van der Waals surface area (Å²) in [6.07, 6.45) is 2.41. The lowest BCUT2D eigenvalue weighted by molar-refractivity contribution is -0.118. The van der Waals surface area contributed by atoms with Crippen molar-refractivity contribution in [2.45, 2.75) is 16.2 Å². The smallest absolute Gasteiger partial charge is 0.262 e. The van der Waals surface area contributed by atoms with Crippen LogP contribution in [0.15, 0.2) is 76.5 Å². The van der Waals surface area contributed by atoms with Crippen molar-refractivity contribution in [3.05, 3.63) is 72.3 Å². The Bertz CT molecular complexity index is 1250. The molecule has 0 aliphatic carbocycles. The maximum atomic E-state index is 12.6. The van der Waals surface area contributed by atoms with Gasteiger partial charge in [-0.3, -0.25) is 4.79 Å². The van der Waals surface area contributed by atoms with Crippen LogP contribution in [-0.4, -0.2) is 48.0 Å². The van der Waals surface area contributed by atoms with Crippen molar-refractivity contribution in [2.24, 2.45) is 0 Å². The molecule has 0 aromatic heterocycles. The van der Waals surface area contributed by atoms with E-state index < -0.39 is 10.0 Å². The molecule has 3 aromatic rings. The number of sulfonamides is 1. The SMILES string of the molecule is COc1ccc(CCNS(=O)(=O)c2ccc(OCC(=O)Nc3ccccc3SC)cc2)cc1OC. The molecule has 1 amide bonds. The quantitative estimate of drug-likeness (QED) is 0.351. The van der Waals surface area contributed by atoms with E-state index >= 15 is 0 Å². The average Bonchev–Trinajstić information content (AvgIpc) is 2.87. The molecular formula is C25H28N2O6S2. The third-order valence-corrected chi connectivity index (χ3v) is 7.31. The molecule has 0 saturated carbocycles. The van der Waals surface area contributed by atoms with Crippen LogP contribution in [0.5, 0.6) is 17.2 Å². The third kappa shape index (κ3) is 7.38. The molecule has 0 bridgehead atoms. The van der Waals surface area contributed by atoms with Crippen LogP contribution in [-0.2, 0) is 21.2 Å². The Morgan fingerprint density at radius 2 is 1.66 bits per heavy atom. The molecule has 10 heteroatoms. The second-order valence-electron chi connectivity index (χ2n) is 7.35. The predicted octanol–water partition coefficient (Wildman–Crippen LogP) is 3.96. The highest BCUT2D eigenvalue weighted by Crippen LogP contribution is 2.28. The molecule has 8 nitrogen and oxygen atoms in total. The van der Waals surface area contributed by atoms with Crippen molar-refractivity contribution in [3.63, 3.8) is 0 Å². The monoisotopic (exact) mass is 516 g/mol. The number of nitrogens with one attached hydrogen (secondary N) is 2. The molecule has 0 spiro atoms. The number of hydrogen-bond acceptors (Lipinski definition) is 7. The zero-order chi connectivity index (χ0) is 25.3. The van der Waals surface area contributed by atoms with E-state index in [1.807, 2.05) is 42.7 Å². The molecule has 0 aliphatic heterocycles. The first kappa shape index (κ1) is 26.4. The average molecular weight is 517 g/mol. The molecule has 0 saturated heterocycles. The molecule has 0 heterocycles. The van der Waals surface area contributed by atoms with Gasteiger partial charge in [-0.1, -0.05) is 18.2 Å². The summed E-state index contributed by atoms with van der Waals surface area (Å²) in [7, 11) is -0.590. The topological polar surface area (TPSA) is 103 Å². The van der Waals surface area contributed by atoms with E-state index in [9.17, 15) is 13.2 Å². The zero-order valence-electron chi connectivity index (χ0n) is 19.7. The number of carbonyl (C=O) groups is 1. The second kappa shape index (κ2) is 12.5. The maximum absolute atomic E-state index is 12.6. The summed E-state index contributed by atoms with van der Waals surface area (Å²) in [5.41, 5.74) is 1.63. The molecule has 2 N–H and O–H groups in total. The first-order valence-corrected chi connectivity index (χ1v) is 13.4. The van der Waals surface area contributed by atoms with Crippen LogP contribution >= 0.6 is 11.8 Å². The summed E-state index contributed by atoms with van der Waals surface area (Å²) in [5, 5.41) is 2.81. The van der Waals surface area contributed by atoms with E-state index in [0.717, 1.165) is 10.5 Å². The van der Waals surface area contributed by atoms with Gasteiger partial charge in [0.2, 0.25) is 10.0 Å². The molecule has 3 aromatic carbocycles. The Balaban J connectivity index is 1.51. The number of rotatable bonds is 12. The third-order valence-electron chi connectivity index (χ3n) is 5.04. The van der Waals surface area contributed by atoms with Gasteiger partial charge in [0.25, 0.3) is 5.91 Å². The summed E-state index contributed by atoms with van der Waals surface area (Å²) >= 11 is 1.53. The molecule has 0 aliphatic rings. The number of carbonyl (C=O) groups excluding carboxylic acids is 1. The van der Waals surface area contributed by atoms with E-state index in [4.69, 9.17) is 14.2 Å². The molecular weight excluding hydrogens is 488 g/mol. The molecule has 186 valence electrons. The number of methoxy groups -OCH3 is 2. The maximum Gasteiger partial charge on any atom is 0.262 e. The molecule has 0 unspecified atom stereocenters. The Hall–Kier alpha value is -3.21. The van der Waals surface area contributed by atoms with Crippen LogP contribution in [0, 0.1) is 0 Å². The van der Waals surface area contributed by atoms with Gasteiger partial charge in [0.1, 0.15) is 5.75 Å². The molecule has 0 radical (unpaired) electrons. The highest BCUT2D eigenvalue weighted by atomic mass is 32.2. The van der Waals surface area contributed by atoms with Gasteiger partial charge < -0.3 is 19.5 Å². The van der Waals surface area contributed by atoms with Crippen LogP contribution in [0.25, 0.3) is 0 Å². The lowest BCUT2D eigenvalue weighted by Crippen LogP contribution is -2.26. The van der Waals surface area contributed by atoms with Crippen LogP contribution in [0.2, 0.25) is 0 Å². The minimum atomic E-state index is -3.70. The summed E-state index contributed by atoms with van der Waals surface area (Å²) in [6.45, 7) is 0.0200. The standard InChI is InChI=1S/C25H28N2O6S2/c1-31-22-13-8-18(16-23(22)32-2)14-15-26-35(29,30)20-11-9-19(10-12-20)33-17-25(28)27-21-6-4-5-7-24(21)34-3/h4-13,16,26H,14-15,17H2,1-3H3,(H,27,28). The summed E-state index contributed by atoms with van der Waals surface area (Å²) < 4.78 is 43.8. The van der Waals surface area contributed by atoms with Crippen molar-refractivity contribution in [1.29, 1.82) is 0 Å². The Labute approximate surface area is 210 Å². The fraction of sp³-hybridized carbons (Fsp3) is 0.240. The number of benzene rings is 3. The first-order chi connectivity index (χ1) is 16.9. The van der Waals surface area contributed by atoms with Crippen LogP contribution in [0.4, 0.5) is 5.69 Å². The number of thioether (sulfide) groups is 1. The fourth-order valence-corrected chi connectivity index (χ4v) is 4.83. The normalized spacial score (nSPS) is 11.1. The zero-order valence-corrected chi connectivity index (χ0v) is 21.4. The van der Waals surface area contributed by atoms with Crippen molar-refractivity contribution in [2.75, 3.05) is 38.9 Å². The predicted molar refractivity (Wildman–Crippen MR) is 137 cm³/mol. The van der Waals surface area contributed by atoms with Gasteiger partial charge in [-0.05, 0) is 66.8 Å². The molecule has 0 atom stereocenters. The summed E-state index contributed by atoms with van der Waals surface area (Å²) in [5.74, 6) is 1.29. The largest absolute Gasteiger partial charge is 0.493 e. The van der Waals surface area contributed by atoms with Gasteiger partial charge in [0.05, 0.1) is 24.8 Å². The van der Waals surface area contributed by atoms with Crippen LogP contribution < -0.4 is 24.2 Å². The molecule has 35 heavy (non-hydrogen) atoms. The number of hydrogen-bond donors (Lipinski definition) is 2.